The first kappa shape index (κ1) is 39.0. The van der Waals surface area contributed by atoms with Crippen LogP contribution >= 0.6 is 0 Å². The molecule has 0 atom stereocenters. The number of alkyl halides is 15. The maximum Gasteiger partial charge on any atom is 1.00 e. The summed E-state index contributed by atoms with van der Waals surface area (Å²) in [5, 5.41) is 10.7. The number of carboxylic acid groups (broad SMARTS) is 1. The number of nitrogens with zero attached hydrogens (tertiary/aromatic N) is 1. The molecule has 0 aliphatic carbocycles. The molecule has 1 amide bonds. The summed E-state index contributed by atoms with van der Waals surface area (Å²) in [6, 6.07) is 0. The Labute approximate surface area is 227 Å². The molecule has 220 valence electrons. The molecule has 0 aliphatic heterocycles. The largest absolute Gasteiger partial charge is 1.00 e. The van der Waals surface area contributed by atoms with Gasteiger partial charge in [-0.2, -0.15) is 65.9 Å². The second-order valence-corrected chi connectivity index (χ2v) is 7.81. The van der Waals surface area contributed by atoms with Gasteiger partial charge in [-0.1, -0.05) is 39.0 Å². The Hall–Kier alpha value is -1.11. The van der Waals surface area contributed by atoms with Gasteiger partial charge in [0.05, 0.1) is 12.5 Å². The molecule has 20 heteroatoms. The van der Waals surface area contributed by atoms with Crippen LogP contribution in [0.2, 0.25) is 0 Å². The number of amides is 1. The first-order valence-corrected chi connectivity index (χ1v) is 10.1. The van der Waals surface area contributed by atoms with Gasteiger partial charge in [0.1, 0.15) is 0 Å². The topological polar surface area (TPSA) is 60.4 Å². The zero-order valence-electron chi connectivity index (χ0n) is 19.5. The molecule has 0 spiro atoms. The van der Waals surface area contributed by atoms with Gasteiger partial charge in [-0.05, 0) is 6.42 Å². The molecule has 0 aliphatic rings. The van der Waals surface area contributed by atoms with Gasteiger partial charge in [-0.15, -0.1) is 0 Å². The first-order valence-electron chi connectivity index (χ1n) is 10.1. The summed E-state index contributed by atoms with van der Waals surface area (Å²) in [4.78, 5) is 21.7. The third-order valence-corrected chi connectivity index (χ3v) is 4.99. The Morgan fingerprint density at radius 3 is 1.37 bits per heavy atom. The van der Waals surface area contributed by atoms with E-state index in [0.717, 1.165) is 0 Å². The van der Waals surface area contributed by atoms with Gasteiger partial charge in [-0.25, -0.2) is 0 Å². The zero-order chi connectivity index (χ0) is 29.9. The monoisotopic (exact) mass is 605 g/mol. The molecular weight excluding hydrogens is 586 g/mol. The van der Waals surface area contributed by atoms with Crippen molar-refractivity contribution in [3.63, 3.8) is 0 Å². The molecule has 0 bridgehead atoms. The van der Waals surface area contributed by atoms with Crippen molar-refractivity contribution in [2.75, 3.05) is 13.1 Å². The van der Waals surface area contributed by atoms with Crippen LogP contribution in [0.4, 0.5) is 65.9 Å². The van der Waals surface area contributed by atoms with Crippen molar-refractivity contribution in [2.45, 2.75) is 87.2 Å². The van der Waals surface area contributed by atoms with Gasteiger partial charge in [0, 0.05) is 6.54 Å². The molecular formula is C18H19F15NNaO3. The van der Waals surface area contributed by atoms with Crippen LogP contribution in [0.5, 0.6) is 0 Å². The fraction of sp³-hybridized carbons (Fsp3) is 0.889. The van der Waals surface area contributed by atoms with Crippen molar-refractivity contribution in [2.24, 2.45) is 0 Å². The van der Waals surface area contributed by atoms with Gasteiger partial charge >= 0.3 is 71.3 Å². The van der Waals surface area contributed by atoms with E-state index in [-0.39, 0.29) is 36.0 Å². The first-order chi connectivity index (χ1) is 16.3. The summed E-state index contributed by atoms with van der Waals surface area (Å²) in [6.07, 6.45) is -5.95. The quantitative estimate of drug-likeness (QED) is 0.164. The van der Waals surface area contributed by atoms with E-state index in [0.29, 0.717) is 25.7 Å². The number of hydrogen-bond donors (Lipinski definition) is 0. The third-order valence-electron chi connectivity index (χ3n) is 4.99. The molecule has 0 aromatic rings. The second kappa shape index (κ2) is 13.0. The second-order valence-electron chi connectivity index (χ2n) is 7.81. The van der Waals surface area contributed by atoms with E-state index in [4.69, 9.17) is 0 Å². The molecule has 0 N–H and O–H groups in total. The number of rotatable bonds is 15. The van der Waals surface area contributed by atoms with Gasteiger partial charge in [0.15, 0.2) is 0 Å². The van der Waals surface area contributed by atoms with Gasteiger partial charge in [-0.3, -0.25) is 4.79 Å². The van der Waals surface area contributed by atoms with E-state index in [1.807, 2.05) is 0 Å². The fourth-order valence-electron chi connectivity index (χ4n) is 2.79. The number of carbonyl (C=O) groups excluding carboxylic acids is 2. The number of halogens is 15. The molecule has 0 saturated carbocycles. The molecule has 38 heavy (non-hydrogen) atoms. The molecule has 0 unspecified atom stereocenters. The van der Waals surface area contributed by atoms with Crippen LogP contribution in [-0.4, -0.2) is 71.6 Å². The minimum absolute atomic E-state index is 0. The summed E-state index contributed by atoms with van der Waals surface area (Å²) in [7, 11) is 0. The molecule has 0 fully saturated rings. The predicted octanol–water partition coefficient (Wildman–Crippen LogP) is 2.30. The van der Waals surface area contributed by atoms with Crippen molar-refractivity contribution < 1.29 is 110 Å². The van der Waals surface area contributed by atoms with E-state index >= 15 is 0 Å². The van der Waals surface area contributed by atoms with Crippen LogP contribution in [0.25, 0.3) is 0 Å². The smallest absolute Gasteiger partial charge is 0.548 e. The summed E-state index contributed by atoms with van der Waals surface area (Å²) < 4.78 is 199. The standard InChI is InChI=1S/C18H20F15NO3.Na/c1-2-3-4-5-6-7-8-34(9-10(35)36)11(37)12(19,20)13(21,22)14(23,24)15(25,26)16(27,28)17(29,30)18(31,32)33;/h2-9H2,1H3,(H,35,36);/q;+1/p-1. The van der Waals surface area contributed by atoms with Crippen LogP contribution in [-0.2, 0) is 9.59 Å². The fourth-order valence-corrected chi connectivity index (χ4v) is 2.79. The predicted molar refractivity (Wildman–Crippen MR) is 90.7 cm³/mol. The molecule has 0 heterocycles. The van der Waals surface area contributed by atoms with Crippen molar-refractivity contribution in [3.8, 4) is 0 Å². The summed E-state index contributed by atoms with van der Waals surface area (Å²) in [5.74, 6) is -54.9. The van der Waals surface area contributed by atoms with E-state index in [9.17, 15) is 80.6 Å². The SMILES string of the molecule is CCCCCCCCN(CC(=O)[O-])C(=O)C(F)(F)C(F)(F)C(F)(F)C(F)(F)C(F)(F)C(F)(F)C(F)(F)F.[Na+]. The Kier molecular flexibility index (Phi) is 13.4. The maximum absolute atomic E-state index is 14.1. The summed E-state index contributed by atoms with van der Waals surface area (Å²) in [6.45, 7) is -1.43. The van der Waals surface area contributed by atoms with Crippen LogP contribution in [0.3, 0.4) is 0 Å². The molecule has 0 aromatic heterocycles. The average Bonchev–Trinajstić information content (AvgIpc) is 2.72. The zero-order valence-corrected chi connectivity index (χ0v) is 21.5. The molecule has 0 radical (unpaired) electrons. The number of unbranched alkanes of at least 4 members (excludes halogenated alkanes) is 5. The van der Waals surface area contributed by atoms with Crippen LogP contribution in [0, 0.1) is 0 Å². The normalized spacial score (nSPS) is 14.2. The number of hydrogen-bond acceptors (Lipinski definition) is 3. The number of carboxylic acids is 1. The Bertz CT molecular complexity index is 802. The number of aliphatic carboxylic acids is 1. The van der Waals surface area contributed by atoms with Crippen molar-refractivity contribution in [1.29, 1.82) is 0 Å². The van der Waals surface area contributed by atoms with E-state index in [1.165, 1.54) is 0 Å². The van der Waals surface area contributed by atoms with E-state index < -0.39 is 78.0 Å². The maximum atomic E-state index is 14.1. The van der Waals surface area contributed by atoms with Gasteiger partial charge in [0.25, 0.3) is 5.91 Å². The molecule has 0 aromatic carbocycles. The van der Waals surface area contributed by atoms with E-state index in [1.54, 1.807) is 6.92 Å². The van der Waals surface area contributed by atoms with Crippen LogP contribution < -0.4 is 34.7 Å². The van der Waals surface area contributed by atoms with Crippen LogP contribution in [0.1, 0.15) is 45.4 Å². The van der Waals surface area contributed by atoms with Crippen molar-refractivity contribution in [1.82, 2.24) is 4.90 Å². The molecule has 4 nitrogen and oxygen atoms in total. The third kappa shape index (κ3) is 7.14. The Morgan fingerprint density at radius 2 is 0.974 bits per heavy atom. The Morgan fingerprint density at radius 1 is 0.605 bits per heavy atom. The summed E-state index contributed by atoms with van der Waals surface area (Å²) in [5.41, 5.74) is 0. The van der Waals surface area contributed by atoms with Crippen molar-refractivity contribution >= 4 is 11.9 Å². The molecule has 0 saturated heterocycles. The summed E-state index contributed by atoms with van der Waals surface area (Å²) >= 11 is 0. The minimum atomic E-state index is -8.54. The Balaban J connectivity index is 0. The van der Waals surface area contributed by atoms with Gasteiger partial charge in [0.2, 0.25) is 0 Å². The van der Waals surface area contributed by atoms with Crippen LogP contribution in [0.15, 0.2) is 0 Å². The van der Waals surface area contributed by atoms with E-state index in [2.05, 4.69) is 0 Å². The minimum Gasteiger partial charge on any atom is -0.548 e. The van der Waals surface area contributed by atoms with Gasteiger partial charge < -0.3 is 14.8 Å². The van der Waals surface area contributed by atoms with Crippen molar-refractivity contribution in [3.05, 3.63) is 0 Å². The average molecular weight is 605 g/mol. The molecule has 0 rings (SSSR count). The number of carbonyl (C=O) groups is 2.